The standard InChI is InChI=1S/C17H17N5O/c23-11-12-6-7-14(10-12)18-15-8-9-16-19-20-17(22(16)21-15)13-4-2-1-3-5-13/h1-9,12,14,23H,10-11H2,(H,18,21)/t12-,14+/m0/s1. The molecule has 0 unspecified atom stereocenters. The zero-order chi connectivity index (χ0) is 15.6. The van der Waals surface area contributed by atoms with Gasteiger partial charge in [0.15, 0.2) is 11.5 Å². The molecule has 0 fully saturated rings. The fraction of sp³-hybridized carbons (Fsp3) is 0.235. The third kappa shape index (κ3) is 2.68. The van der Waals surface area contributed by atoms with Crippen LogP contribution in [0.5, 0.6) is 0 Å². The van der Waals surface area contributed by atoms with Crippen LogP contribution in [0.3, 0.4) is 0 Å². The highest BCUT2D eigenvalue weighted by atomic mass is 16.3. The fourth-order valence-electron chi connectivity index (χ4n) is 2.84. The first-order valence-electron chi connectivity index (χ1n) is 7.67. The zero-order valence-electron chi connectivity index (χ0n) is 12.5. The van der Waals surface area contributed by atoms with E-state index in [9.17, 15) is 5.11 Å². The predicted molar refractivity (Wildman–Crippen MR) is 88.0 cm³/mol. The van der Waals surface area contributed by atoms with E-state index in [0.29, 0.717) is 5.65 Å². The third-order valence-electron chi connectivity index (χ3n) is 4.03. The first-order valence-corrected chi connectivity index (χ1v) is 7.67. The average Bonchev–Trinajstić information content (AvgIpc) is 3.22. The van der Waals surface area contributed by atoms with Gasteiger partial charge in [-0.15, -0.1) is 15.3 Å². The lowest BCUT2D eigenvalue weighted by Crippen LogP contribution is -2.18. The number of aromatic nitrogens is 4. The fourth-order valence-corrected chi connectivity index (χ4v) is 2.84. The summed E-state index contributed by atoms with van der Waals surface area (Å²) in [4.78, 5) is 0. The Hall–Kier alpha value is -2.73. The molecule has 116 valence electrons. The number of anilines is 1. The van der Waals surface area contributed by atoms with Crippen molar-refractivity contribution in [2.24, 2.45) is 5.92 Å². The molecule has 3 aromatic rings. The summed E-state index contributed by atoms with van der Waals surface area (Å²) < 4.78 is 1.75. The summed E-state index contributed by atoms with van der Waals surface area (Å²) in [6, 6.07) is 13.9. The first kappa shape index (κ1) is 13.9. The Kier molecular flexibility index (Phi) is 3.51. The van der Waals surface area contributed by atoms with Crippen molar-refractivity contribution < 1.29 is 5.11 Å². The largest absolute Gasteiger partial charge is 0.396 e. The van der Waals surface area contributed by atoms with E-state index < -0.39 is 0 Å². The van der Waals surface area contributed by atoms with Crippen LogP contribution in [0, 0.1) is 5.92 Å². The summed E-state index contributed by atoms with van der Waals surface area (Å²) in [5.74, 6) is 1.72. The molecule has 1 aliphatic rings. The van der Waals surface area contributed by atoms with E-state index in [2.05, 4.69) is 26.7 Å². The molecule has 0 aliphatic heterocycles. The topological polar surface area (TPSA) is 75.3 Å². The smallest absolute Gasteiger partial charge is 0.185 e. The SMILES string of the molecule is OC[C@H]1C=C[C@@H](Nc2ccc3nnc(-c4ccccc4)n3n2)C1. The molecule has 6 nitrogen and oxygen atoms in total. The van der Waals surface area contributed by atoms with Crippen molar-refractivity contribution in [3.8, 4) is 11.4 Å². The van der Waals surface area contributed by atoms with Crippen LogP contribution in [0.25, 0.3) is 17.0 Å². The van der Waals surface area contributed by atoms with Crippen molar-refractivity contribution in [3.63, 3.8) is 0 Å². The lowest BCUT2D eigenvalue weighted by atomic mass is 10.1. The van der Waals surface area contributed by atoms with E-state index in [0.717, 1.165) is 23.6 Å². The summed E-state index contributed by atoms with van der Waals surface area (Å²) >= 11 is 0. The number of hydrogen-bond donors (Lipinski definition) is 2. The van der Waals surface area contributed by atoms with Gasteiger partial charge in [0.05, 0.1) is 0 Å². The van der Waals surface area contributed by atoms with Gasteiger partial charge in [-0.3, -0.25) is 0 Å². The van der Waals surface area contributed by atoms with Gasteiger partial charge in [0.1, 0.15) is 5.82 Å². The molecule has 0 bridgehead atoms. The van der Waals surface area contributed by atoms with Crippen molar-refractivity contribution in [1.82, 2.24) is 19.8 Å². The highest BCUT2D eigenvalue weighted by Crippen LogP contribution is 2.22. The summed E-state index contributed by atoms with van der Waals surface area (Å²) in [5.41, 5.74) is 1.69. The molecule has 0 amide bonds. The van der Waals surface area contributed by atoms with Crippen LogP contribution >= 0.6 is 0 Å². The maximum Gasteiger partial charge on any atom is 0.185 e. The Morgan fingerprint density at radius 2 is 1.96 bits per heavy atom. The van der Waals surface area contributed by atoms with Crippen molar-refractivity contribution in [3.05, 3.63) is 54.6 Å². The molecular formula is C17H17N5O. The molecule has 2 atom stereocenters. The van der Waals surface area contributed by atoms with Crippen LogP contribution in [0.4, 0.5) is 5.82 Å². The number of aliphatic hydroxyl groups is 1. The lowest BCUT2D eigenvalue weighted by molar-refractivity contribution is 0.250. The van der Waals surface area contributed by atoms with Gasteiger partial charge in [0.2, 0.25) is 0 Å². The molecule has 2 heterocycles. The van der Waals surface area contributed by atoms with E-state index in [4.69, 9.17) is 0 Å². The van der Waals surface area contributed by atoms with Gasteiger partial charge in [-0.05, 0) is 18.6 Å². The quantitative estimate of drug-likeness (QED) is 0.722. The highest BCUT2D eigenvalue weighted by molar-refractivity contribution is 5.59. The van der Waals surface area contributed by atoms with E-state index in [1.54, 1.807) is 4.52 Å². The van der Waals surface area contributed by atoms with Crippen molar-refractivity contribution in [1.29, 1.82) is 0 Å². The third-order valence-corrected chi connectivity index (χ3v) is 4.03. The van der Waals surface area contributed by atoms with E-state index in [1.807, 2.05) is 48.5 Å². The number of hydrogen-bond acceptors (Lipinski definition) is 5. The minimum Gasteiger partial charge on any atom is -0.396 e. The van der Waals surface area contributed by atoms with Crippen LogP contribution in [0.1, 0.15) is 6.42 Å². The molecular weight excluding hydrogens is 290 g/mol. The van der Waals surface area contributed by atoms with Gasteiger partial charge in [-0.25, -0.2) is 0 Å². The monoisotopic (exact) mass is 307 g/mol. The van der Waals surface area contributed by atoms with Gasteiger partial charge in [-0.1, -0.05) is 42.5 Å². The van der Waals surface area contributed by atoms with Crippen LogP contribution in [0.2, 0.25) is 0 Å². The number of nitrogens with one attached hydrogen (secondary N) is 1. The van der Waals surface area contributed by atoms with Crippen LogP contribution in [-0.2, 0) is 0 Å². The molecule has 0 saturated carbocycles. The average molecular weight is 307 g/mol. The molecule has 6 heteroatoms. The molecule has 2 N–H and O–H groups in total. The van der Waals surface area contributed by atoms with Crippen LogP contribution in [0.15, 0.2) is 54.6 Å². The van der Waals surface area contributed by atoms with Gasteiger partial charge in [0.25, 0.3) is 0 Å². The molecule has 1 aliphatic carbocycles. The summed E-state index contributed by atoms with van der Waals surface area (Å²) in [5, 5.41) is 25.6. The minimum atomic E-state index is 0.185. The number of rotatable bonds is 4. The highest BCUT2D eigenvalue weighted by Gasteiger charge is 2.18. The maximum atomic E-state index is 9.21. The molecule has 0 spiro atoms. The van der Waals surface area contributed by atoms with Crippen molar-refractivity contribution in [2.45, 2.75) is 12.5 Å². The number of nitrogens with zero attached hydrogens (tertiary/aromatic N) is 4. The van der Waals surface area contributed by atoms with Crippen molar-refractivity contribution >= 4 is 11.5 Å². The Morgan fingerprint density at radius 3 is 2.74 bits per heavy atom. The lowest BCUT2D eigenvalue weighted by Gasteiger charge is -2.13. The molecule has 4 rings (SSSR count). The predicted octanol–water partition coefficient (Wildman–Crippen LogP) is 2.14. The molecule has 1 aromatic carbocycles. The normalized spacial score (nSPS) is 20.2. The Labute approximate surface area is 133 Å². The van der Waals surface area contributed by atoms with E-state index >= 15 is 0 Å². The molecule has 0 radical (unpaired) electrons. The number of fused-ring (bicyclic) bond motifs is 1. The first-order chi connectivity index (χ1) is 11.3. The molecule has 23 heavy (non-hydrogen) atoms. The van der Waals surface area contributed by atoms with Gasteiger partial charge >= 0.3 is 0 Å². The summed E-state index contributed by atoms with van der Waals surface area (Å²) in [6.07, 6.45) is 5.01. The van der Waals surface area contributed by atoms with E-state index in [-0.39, 0.29) is 18.6 Å². The molecule has 0 saturated heterocycles. The summed E-state index contributed by atoms with van der Waals surface area (Å²) in [7, 11) is 0. The van der Waals surface area contributed by atoms with E-state index in [1.165, 1.54) is 0 Å². The maximum absolute atomic E-state index is 9.21. The van der Waals surface area contributed by atoms with Crippen LogP contribution < -0.4 is 5.32 Å². The molecule has 2 aromatic heterocycles. The van der Waals surface area contributed by atoms with Gasteiger partial charge in [-0.2, -0.15) is 4.52 Å². The Bertz CT molecular complexity index is 843. The summed E-state index contributed by atoms with van der Waals surface area (Å²) in [6.45, 7) is 0.185. The Balaban J connectivity index is 1.64. The number of benzene rings is 1. The van der Waals surface area contributed by atoms with Crippen LogP contribution in [-0.4, -0.2) is 37.6 Å². The van der Waals surface area contributed by atoms with Gasteiger partial charge < -0.3 is 10.4 Å². The van der Waals surface area contributed by atoms with Crippen molar-refractivity contribution in [2.75, 3.05) is 11.9 Å². The number of aliphatic hydroxyl groups excluding tert-OH is 1. The minimum absolute atomic E-state index is 0.185. The Morgan fingerprint density at radius 1 is 1.09 bits per heavy atom. The second kappa shape index (κ2) is 5.81. The van der Waals surface area contributed by atoms with Gasteiger partial charge in [0, 0.05) is 24.1 Å². The second-order valence-corrected chi connectivity index (χ2v) is 5.69. The second-order valence-electron chi connectivity index (χ2n) is 5.69. The zero-order valence-corrected chi connectivity index (χ0v) is 12.5.